The van der Waals surface area contributed by atoms with Crippen LogP contribution in [-0.2, 0) is 19.4 Å². The topological polar surface area (TPSA) is 101 Å². The molecule has 7 nitrogen and oxygen atoms in total. The van der Waals surface area contributed by atoms with Crippen LogP contribution in [0, 0.1) is 5.92 Å². The molecule has 2 unspecified atom stereocenters. The van der Waals surface area contributed by atoms with Crippen LogP contribution in [0.3, 0.4) is 0 Å². The molecule has 24 heavy (non-hydrogen) atoms. The van der Waals surface area contributed by atoms with Gasteiger partial charge in [-0.2, -0.15) is 0 Å². The van der Waals surface area contributed by atoms with E-state index in [4.69, 9.17) is 9.84 Å². The predicted octanol–water partition coefficient (Wildman–Crippen LogP) is 1.18. The van der Waals surface area contributed by atoms with Gasteiger partial charge in [-0.3, -0.25) is 4.79 Å². The average Bonchev–Trinajstić information content (AvgIpc) is 3.03. The normalized spacial score (nSPS) is 19.1. The maximum absolute atomic E-state index is 12.4. The lowest BCUT2D eigenvalue weighted by molar-refractivity contribution is -0.149. The fraction of sp³-hybridized carbons (Fsp3) is 0.500. The Morgan fingerprint density at radius 3 is 2.50 bits per heavy atom. The Hall–Kier alpha value is -2.09. The molecule has 0 radical (unpaired) electrons. The van der Waals surface area contributed by atoms with Crippen LogP contribution in [0.25, 0.3) is 0 Å². The number of benzene rings is 1. The van der Waals surface area contributed by atoms with E-state index in [-0.39, 0.29) is 10.6 Å². The Balaban J connectivity index is 2.10. The van der Waals surface area contributed by atoms with E-state index in [9.17, 15) is 18.0 Å². The van der Waals surface area contributed by atoms with Crippen LogP contribution in [0.2, 0.25) is 0 Å². The molecule has 0 spiro atoms. The third kappa shape index (κ3) is 3.87. The Morgan fingerprint density at radius 2 is 1.96 bits per heavy atom. The molecule has 1 N–H and O–H groups in total. The third-order valence-electron chi connectivity index (χ3n) is 4.13. The number of sulfone groups is 1. The van der Waals surface area contributed by atoms with E-state index in [1.54, 1.807) is 12.1 Å². The van der Waals surface area contributed by atoms with Crippen molar-refractivity contribution >= 4 is 21.7 Å². The van der Waals surface area contributed by atoms with Crippen molar-refractivity contribution in [1.82, 2.24) is 4.90 Å². The first kappa shape index (κ1) is 18.3. The summed E-state index contributed by atoms with van der Waals surface area (Å²) in [6.45, 7) is 1.86. The minimum Gasteiger partial charge on any atom is -0.497 e. The number of hydrogen-bond donors (Lipinski definition) is 1. The van der Waals surface area contributed by atoms with Crippen molar-refractivity contribution in [3.63, 3.8) is 0 Å². The monoisotopic (exact) mass is 355 g/mol. The number of aliphatic carboxylic acids is 1. The second kappa shape index (κ2) is 7.21. The standard InChI is InChI=1S/C16H21NO6S/c1-11(15(18)17-9-3-4-14(17)16(19)20)10-24(21,22)13-7-5-12(23-2)6-8-13/h5-8,11,14H,3-4,9-10H2,1-2H3,(H,19,20). The highest BCUT2D eigenvalue weighted by Gasteiger charge is 2.37. The van der Waals surface area contributed by atoms with Crippen LogP contribution in [0.4, 0.5) is 0 Å². The largest absolute Gasteiger partial charge is 0.497 e. The zero-order valence-corrected chi connectivity index (χ0v) is 14.5. The number of methoxy groups -OCH3 is 1. The second-order valence-corrected chi connectivity index (χ2v) is 7.92. The SMILES string of the molecule is COc1ccc(S(=O)(=O)CC(C)C(=O)N2CCCC2C(=O)O)cc1. The lowest BCUT2D eigenvalue weighted by Crippen LogP contribution is -2.44. The van der Waals surface area contributed by atoms with Crippen LogP contribution in [0.15, 0.2) is 29.2 Å². The summed E-state index contributed by atoms with van der Waals surface area (Å²) in [5.74, 6) is -2.11. The van der Waals surface area contributed by atoms with Crippen LogP contribution in [-0.4, -0.2) is 55.7 Å². The molecule has 1 saturated heterocycles. The van der Waals surface area contributed by atoms with Crippen molar-refractivity contribution in [1.29, 1.82) is 0 Å². The number of carbonyl (C=O) groups excluding carboxylic acids is 1. The van der Waals surface area contributed by atoms with Crippen molar-refractivity contribution in [2.24, 2.45) is 5.92 Å². The first-order chi connectivity index (χ1) is 11.3. The highest BCUT2D eigenvalue weighted by Crippen LogP contribution is 2.23. The number of likely N-dealkylation sites (tertiary alicyclic amines) is 1. The maximum atomic E-state index is 12.4. The predicted molar refractivity (Wildman–Crippen MR) is 86.6 cm³/mol. The average molecular weight is 355 g/mol. The number of hydrogen-bond acceptors (Lipinski definition) is 5. The molecule has 2 atom stereocenters. The second-order valence-electron chi connectivity index (χ2n) is 5.89. The van der Waals surface area contributed by atoms with E-state index in [1.807, 2.05) is 0 Å². The third-order valence-corrected chi connectivity index (χ3v) is 6.06. The Morgan fingerprint density at radius 1 is 1.33 bits per heavy atom. The number of carboxylic acid groups (broad SMARTS) is 1. The van der Waals surface area contributed by atoms with Crippen molar-refractivity contribution in [3.05, 3.63) is 24.3 Å². The van der Waals surface area contributed by atoms with Crippen LogP contribution >= 0.6 is 0 Å². The molecule has 8 heteroatoms. The van der Waals surface area contributed by atoms with Gasteiger partial charge in [0.15, 0.2) is 9.84 Å². The van der Waals surface area contributed by atoms with E-state index in [0.717, 1.165) is 0 Å². The number of rotatable bonds is 6. The highest BCUT2D eigenvalue weighted by molar-refractivity contribution is 7.91. The molecule has 0 aliphatic carbocycles. The molecule has 1 heterocycles. The highest BCUT2D eigenvalue weighted by atomic mass is 32.2. The Kier molecular flexibility index (Phi) is 5.48. The molecule has 0 saturated carbocycles. The number of carboxylic acids is 1. The minimum absolute atomic E-state index is 0.110. The van der Waals surface area contributed by atoms with Gasteiger partial charge in [-0.1, -0.05) is 6.92 Å². The van der Waals surface area contributed by atoms with E-state index >= 15 is 0 Å². The van der Waals surface area contributed by atoms with Gasteiger partial charge in [0.25, 0.3) is 0 Å². The fourth-order valence-electron chi connectivity index (χ4n) is 2.85. The van der Waals surface area contributed by atoms with Gasteiger partial charge in [0.05, 0.1) is 17.8 Å². The van der Waals surface area contributed by atoms with Gasteiger partial charge >= 0.3 is 5.97 Å². The van der Waals surface area contributed by atoms with Crippen LogP contribution in [0.5, 0.6) is 5.75 Å². The summed E-state index contributed by atoms with van der Waals surface area (Å²) in [5.41, 5.74) is 0. The lowest BCUT2D eigenvalue weighted by atomic mass is 10.1. The van der Waals surface area contributed by atoms with Gasteiger partial charge in [-0.15, -0.1) is 0 Å². The quantitative estimate of drug-likeness (QED) is 0.822. The van der Waals surface area contributed by atoms with Gasteiger partial charge < -0.3 is 14.7 Å². The smallest absolute Gasteiger partial charge is 0.326 e. The van der Waals surface area contributed by atoms with Gasteiger partial charge in [0.2, 0.25) is 5.91 Å². The first-order valence-electron chi connectivity index (χ1n) is 7.66. The van der Waals surface area contributed by atoms with Gasteiger partial charge in [0, 0.05) is 12.5 Å². The zero-order valence-electron chi connectivity index (χ0n) is 13.6. The minimum atomic E-state index is -3.65. The summed E-state index contributed by atoms with van der Waals surface area (Å²) >= 11 is 0. The molecule has 132 valence electrons. The van der Waals surface area contributed by atoms with E-state index in [1.165, 1.54) is 31.1 Å². The zero-order chi connectivity index (χ0) is 17.9. The Labute approximate surface area is 141 Å². The summed E-state index contributed by atoms with van der Waals surface area (Å²) in [5, 5.41) is 9.15. The van der Waals surface area contributed by atoms with Crippen molar-refractivity contribution in [2.75, 3.05) is 19.4 Å². The summed E-state index contributed by atoms with van der Waals surface area (Å²) in [6.07, 6.45) is 1.01. The van der Waals surface area contributed by atoms with Crippen molar-refractivity contribution in [3.8, 4) is 5.75 Å². The number of amides is 1. The lowest BCUT2D eigenvalue weighted by Gasteiger charge is -2.24. The van der Waals surface area contributed by atoms with Gasteiger partial charge in [-0.05, 0) is 37.1 Å². The fourth-order valence-corrected chi connectivity index (χ4v) is 4.39. The molecule has 2 rings (SSSR count). The number of ether oxygens (including phenoxy) is 1. The van der Waals surface area contributed by atoms with Crippen molar-refractivity contribution in [2.45, 2.75) is 30.7 Å². The molecule has 0 aromatic heterocycles. The van der Waals surface area contributed by atoms with Gasteiger partial charge in [0.1, 0.15) is 11.8 Å². The summed E-state index contributed by atoms with van der Waals surface area (Å²) in [6, 6.07) is 5.09. The molecular weight excluding hydrogens is 334 g/mol. The molecular formula is C16H21NO6S. The summed E-state index contributed by atoms with van der Waals surface area (Å²) in [7, 11) is -2.16. The van der Waals surface area contributed by atoms with E-state index in [2.05, 4.69) is 0 Å². The molecule has 1 fully saturated rings. The van der Waals surface area contributed by atoms with Gasteiger partial charge in [-0.25, -0.2) is 13.2 Å². The van der Waals surface area contributed by atoms with Crippen LogP contribution < -0.4 is 4.74 Å². The molecule has 1 aliphatic rings. The molecule has 1 aromatic carbocycles. The maximum Gasteiger partial charge on any atom is 0.326 e. The van der Waals surface area contributed by atoms with Crippen molar-refractivity contribution < 1.29 is 27.9 Å². The first-order valence-corrected chi connectivity index (χ1v) is 9.31. The van der Waals surface area contributed by atoms with E-state index < -0.39 is 33.7 Å². The Bertz CT molecular complexity index is 713. The molecule has 1 aliphatic heterocycles. The van der Waals surface area contributed by atoms with Crippen LogP contribution in [0.1, 0.15) is 19.8 Å². The molecule has 1 amide bonds. The summed E-state index contributed by atoms with van der Waals surface area (Å²) < 4.78 is 29.9. The number of carbonyl (C=O) groups is 2. The molecule has 0 bridgehead atoms. The number of nitrogens with zero attached hydrogens (tertiary/aromatic N) is 1. The van der Waals surface area contributed by atoms with E-state index in [0.29, 0.717) is 25.1 Å². The molecule has 1 aromatic rings. The summed E-state index contributed by atoms with van der Waals surface area (Å²) in [4.78, 5) is 25.0.